The van der Waals surface area contributed by atoms with E-state index in [4.69, 9.17) is 0 Å². The molecule has 2 amide bonds. The molecule has 2 N–H and O–H groups in total. The molecule has 0 saturated carbocycles. The summed E-state index contributed by atoms with van der Waals surface area (Å²) >= 11 is 1.21. The first-order valence-electron chi connectivity index (χ1n) is 10.5. The number of nitrogens with zero attached hydrogens (tertiary/aromatic N) is 3. The number of benzene rings is 3. The number of para-hydroxylation sites is 1. The first kappa shape index (κ1) is 23.2. The number of carbonyl (C=O) groups is 2. The molecule has 0 saturated heterocycles. The van der Waals surface area contributed by atoms with Crippen LogP contribution in [0.1, 0.15) is 5.82 Å². The Balaban J connectivity index is 1.41. The Morgan fingerprint density at radius 1 is 0.941 bits per heavy atom. The molecule has 0 aliphatic rings. The van der Waals surface area contributed by atoms with Gasteiger partial charge in [0.1, 0.15) is 11.6 Å². The van der Waals surface area contributed by atoms with Crippen molar-refractivity contribution in [1.29, 1.82) is 0 Å². The molecule has 9 heteroatoms. The van der Waals surface area contributed by atoms with Gasteiger partial charge in [-0.2, -0.15) is 0 Å². The van der Waals surface area contributed by atoms with Crippen molar-refractivity contribution in [2.75, 3.05) is 16.4 Å². The number of fused-ring (bicyclic) bond motifs is 1. The Morgan fingerprint density at radius 3 is 2.47 bits per heavy atom. The van der Waals surface area contributed by atoms with Crippen LogP contribution in [-0.2, 0) is 22.6 Å². The molecular weight excluding hydrogens is 453 g/mol. The topological polar surface area (TPSA) is 88.9 Å². The van der Waals surface area contributed by atoms with E-state index in [0.29, 0.717) is 17.5 Å². The normalized spacial score (nSPS) is 10.7. The lowest BCUT2D eigenvalue weighted by Crippen LogP contribution is -2.18. The van der Waals surface area contributed by atoms with Crippen molar-refractivity contribution < 1.29 is 14.0 Å². The van der Waals surface area contributed by atoms with Crippen molar-refractivity contribution in [3.63, 3.8) is 0 Å². The summed E-state index contributed by atoms with van der Waals surface area (Å²) in [6.45, 7) is 4.10. The Hall–Kier alpha value is -3.98. The number of amides is 2. The molecule has 34 heavy (non-hydrogen) atoms. The van der Waals surface area contributed by atoms with Crippen LogP contribution in [0.15, 0.2) is 84.5 Å². The quantitative estimate of drug-likeness (QED) is 0.271. The highest BCUT2D eigenvalue weighted by molar-refractivity contribution is 7.99. The van der Waals surface area contributed by atoms with E-state index in [-0.39, 0.29) is 23.8 Å². The molecule has 3 aromatic carbocycles. The number of thioether (sulfide) groups is 1. The Bertz CT molecular complexity index is 1350. The second kappa shape index (κ2) is 10.8. The molecule has 4 aromatic rings. The average molecular weight is 476 g/mol. The monoisotopic (exact) mass is 475 g/mol. The van der Waals surface area contributed by atoms with E-state index in [1.165, 1.54) is 23.9 Å². The summed E-state index contributed by atoms with van der Waals surface area (Å²) in [7, 11) is 0. The maximum absolute atomic E-state index is 13.8. The van der Waals surface area contributed by atoms with Gasteiger partial charge in [0, 0.05) is 17.6 Å². The average Bonchev–Trinajstić information content (AvgIpc) is 3.20. The van der Waals surface area contributed by atoms with Gasteiger partial charge in [0.05, 0.1) is 17.9 Å². The third-order valence-electron chi connectivity index (χ3n) is 4.97. The standard InChI is InChI=1S/C25H22FN5O2S/c1-2-14-31-22(15-23(32)28-21-12-6-5-11-19(21)26)29-30-25(31)34-16-24(33)27-20-13-7-9-17-8-3-4-10-18(17)20/h2-13H,1,14-16H2,(H,27,33)(H,28,32). The van der Waals surface area contributed by atoms with E-state index in [1.807, 2.05) is 42.5 Å². The molecule has 0 aliphatic heterocycles. The molecule has 1 aromatic heterocycles. The Morgan fingerprint density at radius 2 is 1.65 bits per heavy atom. The second-order valence-electron chi connectivity index (χ2n) is 7.37. The van der Waals surface area contributed by atoms with Crippen LogP contribution in [0.2, 0.25) is 0 Å². The lowest BCUT2D eigenvalue weighted by atomic mass is 10.1. The fraction of sp³-hybridized carbons (Fsp3) is 0.120. The number of rotatable bonds is 9. The number of carbonyl (C=O) groups excluding carboxylic acids is 2. The maximum atomic E-state index is 13.8. The molecule has 0 aliphatic carbocycles. The minimum absolute atomic E-state index is 0.0991. The second-order valence-corrected chi connectivity index (χ2v) is 8.31. The van der Waals surface area contributed by atoms with Gasteiger partial charge in [-0.05, 0) is 23.6 Å². The summed E-state index contributed by atoms with van der Waals surface area (Å²) in [5.74, 6) is -0.621. The van der Waals surface area contributed by atoms with Gasteiger partial charge >= 0.3 is 0 Å². The van der Waals surface area contributed by atoms with Crippen LogP contribution in [0.4, 0.5) is 15.8 Å². The van der Waals surface area contributed by atoms with Crippen molar-refractivity contribution in [2.45, 2.75) is 18.1 Å². The van der Waals surface area contributed by atoms with Crippen LogP contribution in [-0.4, -0.2) is 32.3 Å². The summed E-state index contributed by atoms with van der Waals surface area (Å²) in [6.07, 6.45) is 1.56. The SMILES string of the molecule is C=CCn1c(CC(=O)Nc2ccccc2F)nnc1SCC(=O)Nc1cccc2ccccc12. The summed E-state index contributed by atoms with van der Waals surface area (Å²) in [4.78, 5) is 25.0. The highest BCUT2D eigenvalue weighted by atomic mass is 32.2. The Labute approximate surface area is 200 Å². The van der Waals surface area contributed by atoms with Crippen LogP contribution < -0.4 is 10.6 Å². The molecule has 0 unspecified atom stereocenters. The third kappa shape index (κ3) is 5.49. The van der Waals surface area contributed by atoms with Crippen molar-refractivity contribution in [1.82, 2.24) is 14.8 Å². The van der Waals surface area contributed by atoms with Crippen LogP contribution in [0.3, 0.4) is 0 Å². The number of halogens is 1. The molecule has 7 nitrogen and oxygen atoms in total. The lowest BCUT2D eigenvalue weighted by molar-refractivity contribution is -0.116. The van der Waals surface area contributed by atoms with Crippen LogP contribution in [0.25, 0.3) is 10.8 Å². The number of aromatic nitrogens is 3. The molecule has 0 fully saturated rings. The zero-order valence-corrected chi connectivity index (χ0v) is 19.0. The van der Waals surface area contributed by atoms with E-state index in [1.54, 1.807) is 22.8 Å². The Kier molecular flexibility index (Phi) is 7.34. The van der Waals surface area contributed by atoms with Gasteiger partial charge in [0.15, 0.2) is 5.16 Å². The zero-order chi connectivity index (χ0) is 23.9. The van der Waals surface area contributed by atoms with Crippen LogP contribution in [0, 0.1) is 5.82 Å². The summed E-state index contributed by atoms with van der Waals surface area (Å²) in [5, 5.41) is 16.2. The lowest BCUT2D eigenvalue weighted by Gasteiger charge is -2.10. The number of hydrogen-bond acceptors (Lipinski definition) is 5. The number of anilines is 2. The predicted octanol–water partition coefficient (Wildman–Crippen LogP) is 4.67. The van der Waals surface area contributed by atoms with Gasteiger partial charge < -0.3 is 15.2 Å². The highest BCUT2D eigenvalue weighted by Gasteiger charge is 2.17. The summed E-state index contributed by atoms with van der Waals surface area (Å²) in [6, 6.07) is 19.5. The molecule has 1 heterocycles. The highest BCUT2D eigenvalue weighted by Crippen LogP contribution is 2.24. The van der Waals surface area contributed by atoms with Gasteiger partial charge in [-0.25, -0.2) is 4.39 Å². The van der Waals surface area contributed by atoms with Crippen molar-refractivity contribution >= 4 is 45.7 Å². The van der Waals surface area contributed by atoms with Gasteiger partial charge in [-0.3, -0.25) is 9.59 Å². The van der Waals surface area contributed by atoms with Gasteiger partial charge in [0.25, 0.3) is 0 Å². The summed E-state index contributed by atoms with van der Waals surface area (Å²) in [5.41, 5.74) is 0.837. The van der Waals surface area contributed by atoms with Crippen molar-refractivity contribution in [3.8, 4) is 0 Å². The zero-order valence-electron chi connectivity index (χ0n) is 18.2. The molecule has 0 atom stereocenters. The van der Waals surface area contributed by atoms with E-state index in [2.05, 4.69) is 27.4 Å². The molecule has 0 radical (unpaired) electrons. The molecule has 0 bridgehead atoms. The largest absolute Gasteiger partial charge is 0.325 e. The van der Waals surface area contributed by atoms with E-state index in [9.17, 15) is 14.0 Å². The predicted molar refractivity (Wildman–Crippen MR) is 132 cm³/mol. The summed E-state index contributed by atoms with van der Waals surface area (Å²) < 4.78 is 15.5. The number of allylic oxidation sites excluding steroid dienone is 1. The minimum atomic E-state index is -0.517. The van der Waals surface area contributed by atoms with Crippen molar-refractivity contribution in [2.24, 2.45) is 0 Å². The van der Waals surface area contributed by atoms with Crippen LogP contribution in [0.5, 0.6) is 0 Å². The maximum Gasteiger partial charge on any atom is 0.234 e. The van der Waals surface area contributed by atoms with E-state index >= 15 is 0 Å². The van der Waals surface area contributed by atoms with Gasteiger partial charge in [-0.1, -0.05) is 66.4 Å². The van der Waals surface area contributed by atoms with Gasteiger partial charge in [-0.15, -0.1) is 16.8 Å². The molecular formula is C25H22FN5O2S. The van der Waals surface area contributed by atoms with Crippen molar-refractivity contribution in [3.05, 3.63) is 91.0 Å². The molecule has 172 valence electrons. The first-order valence-corrected chi connectivity index (χ1v) is 11.5. The fourth-order valence-corrected chi connectivity index (χ4v) is 4.19. The van der Waals surface area contributed by atoms with E-state index in [0.717, 1.165) is 16.5 Å². The van der Waals surface area contributed by atoms with Gasteiger partial charge in [0.2, 0.25) is 11.8 Å². The fourth-order valence-electron chi connectivity index (χ4n) is 3.42. The molecule has 4 rings (SSSR count). The molecule has 0 spiro atoms. The van der Waals surface area contributed by atoms with Crippen LogP contribution >= 0.6 is 11.8 Å². The first-order chi connectivity index (χ1) is 16.5. The third-order valence-corrected chi connectivity index (χ3v) is 5.93. The van der Waals surface area contributed by atoms with E-state index < -0.39 is 11.7 Å². The number of hydrogen-bond donors (Lipinski definition) is 2. The number of nitrogens with one attached hydrogen (secondary N) is 2. The minimum Gasteiger partial charge on any atom is -0.325 e. The smallest absolute Gasteiger partial charge is 0.234 e.